The Kier molecular flexibility index (Phi) is 2.86. The van der Waals surface area contributed by atoms with Crippen molar-refractivity contribution in [1.82, 2.24) is 5.32 Å². The molecule has 1 heterocycles. The summed E-state index contributed by atoms with van der Waals surface area (Å²) >= 11 is 0. The molecule has 1 saturated heterocycles. The molecule has 0 spiro atoms. The maximum atomic E-state index is 13.4. The maximum absolute atomic E-state index is 13.4. The van der Waals surface area contributed by atoms with Gasteiger partial charge in [-0.1, -0.05) is 0 Å². The molecule has 0 aliphatic carbocycles. The van der Waals surface area contributed by atoms with Crippen molar-refractivity contribution in [3.8, 4) is 5.75 Å². The Bertz CT molecular complexity index is 362. The van der Waals surface area contributed by atoms with Crippen molar-refractivity contribution in [3.05, 3.63) is 29.3 Å². The number of rotatable bonds is 1. The van der Waals surface area contributed by atoms with Gasteiger partial charge in [-0.3, -0.25) is 0 Å². The van der Waals surface area contributed by atoms with E-state index in [1.54, 1.807) is 0 Å². The van der Waals surface area contributed by atoms with Gasteiger partial charge < -0.3 is 10.4 Å². The molecule has 2 N–H and O–H groups in total. The van der Waals surface area contributed by atoms with Crippen LogP contribution < -0.4 is 5.32 Å². The lowest BCUT2D eigenvalue weighted by atomic mass is 9.91. The average Bonchev–Trinajstić information content (AvgIpc) is 2.25. The summed E-state index contributed by atoms with van der Waals surface area (Å²) in [5.74, 6) is -1.92. The molecule has 1 fully saturated rings. The summed E-state index contributed by atoms with van der Waals surface area (Å²) in [5, 5.41) is 12.3. The minimum absolute atomic E-state index is 0.0326. The Morgan fingerprint density at radius 2 is 2.07 bits per heavy atom. The van der Waals surface area contributed by atoms with Gasteiger partial charge in [-0.25, -0.2) is 8.78 Å². The molecule has 1 unspecified atom stereocenters. The molecule has 0 saturated carbocycles. The third-order valence-corrected chi connectivity index (χ3v) is 2.80. The van der Waals surface area contributed by atoms with Gasteiger partial charge in [0.2, 0.25) is 0 Å². The summed E-state index contributed by atoms with van der Waals surface area (Å²) in [6.45, 7) is 1.62. The Morgan fingerprint density at radius 3 is 2.73 bits per heavy atom. The Hall–Kier alpha value is -1.16. The van der Waals surface area contributed by atoms with E-state index in [1.807, 2.05) is 0 Å². The largest absolute Gasteiger partial charge is 0.505 e. The van der Waals surface area contributed by atoms with E-state index >= 15 is 0 Å². The van der Waals surface area contributed by atoms with Crippen LogP contribution in [0.3, 0.4) is 0 Å². The first-order chi connectivity index (χ1) is 7.18. The molecule has 2 rings (SSSR count). The number of piperidine rings is 1. The Labute approximate surface area is 86.9 Å². The molecule has 1 aromatic carbocycles. The molecule has 0 radical (unpaired) electrons. The molecule has 2 nitrogen and oxygen atoms in total. The highest BCUT2D eigenvalue weighted by Crippen LogP contribution is 2.29. The van der Waals surface area contributed by atoms with Crippen molar-refractivity contribution in [2.24, 2.45) is 0 Å². The second kappa shape index (κ2) is 4.14. The standard InChI is InChI=1S/C11H13F2NO/c12-9-5-10(13)11(15)4-8(9)7-2-1-3-14-6-7/h4-5,7,14-15H,1-3,6H2. The number of phenols is 1. The molecule has 1 aliphatic heterocycles. The summed E-state index contributed by atoms with van der Waals surface area (Å²) < 4.78 is 26.3. The summed E-state index contributed by atoms with van der Waals surface area (Å²) in [4.78, 5) is 0. The highest BCUT2D eigenvalue weighted by Gasteiger charge is 2.20. The first kappa shape index (κ1) is 10.4. The number of hydrogen-bond acceptors (Lipinski definition) is 2. The molecule has 0 bridgehead atoms. The van der Waals surface area contributed by atoms with Crippen LogP contribution in [0.25, 0.3) is 0 Å². The van der Waals surface area contributed by atoms with Crippen molar-refractivity contribution in [3.63, 3.8) is 0 Å². The van der Waals surface area contributed by atoms with Crippen LogP contribution in [0.1, 0.15) is 24.3 Å². The van der Waals surface area contributed by atoms with E-state index in [0.29, 0.717) is 12.1 Å². The lowest BCUT2D eigenvalue weighted by Crippen LogP contribution is -2.28. The van der Waals surface area contributed by atoms with Crippen LogP contribution in [0.15, 0.2) is 12.1 Å². The van der Waals surface area contributed by atoms with E-state index < -0.39 is 17.4 Å². The van der Waals surface area contributed by atoms with Gasteiger partial charge in [-0.2, -0.15) is 0 Å². The van der Waals surface area contributed by atoms with Crippen molar-refractivity contribution in [1.29, 1.82) is 0 Å². The molecule has 15 heavy (non-hydrogen) atoms. The van der Waals surface area contributed by atoms with Crippen LogP contribution in [0.4, 0.5) is 8.78 Å². The molecule has 1 aliphatic rings. The lowest BCUT2D eigenvalue weighted by molar-refractivity contribution is 0.413. The first-order valence-electron chi connectivity index (χ1n) is 5.07. The molecule has 1 aromatic rings. The maximum Gasteiger partial charge on any atom is 0.167 e. The zero-order valence-electron chi connectivity index (χ0n) is 8.26. The minimum Gasteiger partial charge on any atom is -0.505 e. The zero-order chi connectivity index (χ0) is 10.8. The monoisotopic (exact) mass is 213 g/mol. The van der Waals surface area contributed by atoms with E-state index in [2.05, 4.69) is 5.32 Å². The summed E-state index contributed by atoms with van der Waals surface area (Å²) in [6, 6.07) is 1.95. The Morgan fingerprint density at radius 1 is 1.27 bits per heavy atom. The van der Waals surface area contributed by atoms with Crippen molar-refractivity contribution in [2.45, 2.75) is 18.8 Å². The fourth-order valence-corrected chi connectivity index (χ4v) is 1.98. The molecule has 1 atom stereocenters. The average molecular weight is 213 g/mol. The van der Waals surface area contributed by atoms with E-state index in [0.717, 1.165) is 25.5 Å². The predicted molar refractivity (Wildman–Crippen MR) is 52.9 cm³/mol. The van der Waals surface area contributed by atoms with Gasteiger partial charge >= 0.3 is 0 Å². The highest BCUT2D eigenvalue weighted by atomic mass is 19.1. The third kappa shape index (κ3) is 2.09. The van der Waals surface area contributed by atoms with Crippen molar-refractivity contribution in [2.75, 3.05) is 13.1 Å². The van der Waals surface area contributed by atoms with E-state index in [-0.39, 0.29) is 5.92 Å². The number of benzene rings is 1. The van der Waals surface area contributed by atoms with Gasteiger partial charge in [0.1, 0.15) is 5.82 Å². The SMILES string of the molecule is Oc1cc(C2CCCNC2)c(F)cc1F. The van der Waals surface area contributed by atoms with Crippen LogP contribution >= 0.6 is 0 Å². The number of phenolic OH excluding ortho intramolecular Hbond substituents is 1. The van der Waals surface area contributed by atoms with Gasteiger partial charge in [0.15, 0.2) is 11.6 Å². The van der Waals surface area contributed by atoms with E-state index in [1.165, 1.54) is 6.07 Å². The quantitative estimate of drug-likeness (QED) is 0.749. The van der Waals surface area contributed by atoms with Crippen LogP contribution in [-0.2, 0) is 0 Å². The Balaban J connectivity index is 2.30. The van der Waals surface area contributed by atoms with Gasteiger partial charge in [0.25, 0.3) is 0 Å². The highest BCUT2D eigenvalue weighted by molar-refractivity contribution is 5.33. The van der Waals surface area contributed by atoms with Crippen LogP contribution in [0, 0.1) is 11.6 Å². The smallest absolute Gasteiger partial charge is 0.167 e. The first-order valence-corrected chi connectivity index (χ1v) is 5.07. The lowest BCUT2D eigenvalue weighted by Gasteiger charge is -2.23. The van der Waals surface area contributed by atoms with Crippen molar-refractivity contribution >= 4 is 0 Å². The van der Waals surface area contributed by atoms with E-state index in [9.17, 15) is 13.9 Å². The topological polar surface area (TPSA) is 32.3 Å². The fourth-order valence-electron chi connectivity index (χ4n) is 1.98. The van der Waals surface area contributed by atoms with E-state index in [4.69, 9.17) is 0 Å². The van der Waals surface area contributed by atoms with Crippen LogP contribution in [-0.4, -0.2) is 18.2 Å². The normalized spacial score (nSPS) is 21.6. The third-order valence-electron chi connectivity index (χ3n) is 2.80. The van der Waals surface area contributed by atoms with Crippen LogP contribution in [0.5, 0.6) is 5.75 Å². The zero-order valence-corrected chi connectivity index (χ0v) is 8.26. The summed E-state index contributed by atoms with van der Waals surface area (Å²) in [7, 11) is 0. The molecule has 0 aromatic heterocycles. The molecular formula is C11H13F2NO. The number of hydrogen-bond donors (Lipinski definition) is 2. The molecule has 82 valence electrons. The number of nitrogens with one attached hydrogen (secondary N) is 1. The number of halogens is 2. The van der Waals surface area contributed by atoms with Gasteiger partial charge in [0, 0.05) is 12.6 Å². The molecule has 0 amide bonds. The molecule has 4 heteroatoms. The fraction of sp³-hybridized carbons (Fsp3) is 0.455. The number of aromatic hydroxyl groups is 1. The van der Waals surface area contributed by atoms with Gasteiger partial charge in [0.05, 0.1) is 0 Å². The van der Waals surface area contributed by atoms with Crippen LogP contribution in [0.2, 0.25) is 0 Å². The van der Waals surface area contributed by atoms with Crippen molar-refractivity contribution < 1.29 is 13.9 Å². The summed E-state index contributed by atoms with van der Waals surface area (Å²) in [5.41, 5.74) is 0.404. The minimum atomic E-state index is -0.903. The second-order valence-electron chi connectivity index (χ2n) is 3.87. The van der Waals surface area contributed by atoms with Gasteiger partial charge in [-0.05, 0) is 36.9 Å². The second-order valence-corrected chi connectivity index (χ2v) is 3.87. The summed E-state index contributed by atoms with van der Waals surface area (Å²) in [6.07, 6.45) is 1.84. The molecular weight excluding hydrogens is 200 g/mol. The van der Waals surface area contributed by atoms with Gasteiger partial charge in [-0.15, -0.1) is 0 Å². The predicted octanol–water partition coefficient (Wildman–Crippen LogP) is 2.14.